The highest BCUT2D eigenvalue weighted by Crippen LogP contribution is 2.51. The number of nitrogens with one attached hydrogen (secondary N) is 1. The Morgan fingerprint density at radius 3 is 2.64 bits per heavy atom. The molecule has 2 aromatic carbocycles. The van der Waals surface area contributed by atoms with Gasteiger partial charge in [-0.1, -0.05) is 25.1 Å². The summed E-state index contributed by atoms with van der Waals surface area (Å²) in [6, 6.07) is 14.9. The van der Waals surface area contributed by atoms with Gasteiger partial charge in [0.05, 0.1) is 20.3 Å². The first kappa shape index (κ1) is 18.6. The number of rotatable bonds is 4. The first-order valence-electron chi connectivity index (χ1n) is 9.16. The minimum atomic E-state index is -0.997. The lowest BCUT2D eigenvalue weighted by atomic mass is 9.77. The summed E-state index contributed by atoms with van der Waals surface area (Å²) >= 11 is 5.72. The third-order valence-corrected chi connectivity index (χ3v) is 5.80. The summed E-state index contributed by atoms with van der Waals surface area (Å²) in [5, 5.41) is 3.86. The van der Waals surface area contributed by atoms with Crippen molar-refractivity contribution < 1.29 is 19.0 Å². The number of anilines is 1. The van der Waals surface area contributed by atoms with Gasteiger partial charge in [0.15, 0.2) is 5.11 Å². The predicted octanol–water partition coefficient (Wildman–Crippen LogP) is 3.42. The lowest BCUT2D eigenvalue weighted by molar-refractivity contribution is -0.158. The molecule has 2 aliphatic heterocycles. The fourth-order valence-corrected chi connectivity index (χ4v) is 4.60. The summed E-state index contributed by atoms with van der Waals surface area (Å²) in [5.74, 6) is 0.419. The fourth-order valence-electron chi connectivity index (χ4n) is 4.21. The van der Waals surface area contributed by atoms with Crippen LogP contribution in [0, 0.1) is 5.92 Å². The number of thiocarbonyl (C=S) groups is 1. The Hall–Kier alpha value is -2.80. The van der Waals surface area contributed by atoms with E-state index in [1.807, 2.05) is 60.4 Å². The molecule has 0 saturated carbocycles. The summed E-state index contributed by atoms with van der Waals surface area (Å²) in [6.45, 7) is 1.99. The zero-order chi connectivity index (χ0) is 19.9. The summed E-state index contributed by atoms with van der Waals surface area (Å²) in [7, 11) is 3.00. The molecular weight excluding hydrogens is 376 g/mol. The largest absolute Gasteiger partial charge is 0.497 e. The molecule has 2 heterocycles. The Kier molecular flexibility index (Phi) is 4.63. The molecule has 2 aromatic rings. The van der Waals surface area contributed by atoms with Crippen LogP contribution in [-0.2, 0) is 9.53 Å². The molecule has 146 valence electrons. The van der Waals surface area contributed by atoms with Gasteiger partial charge in [-0.3, -0.25) is 9.69 Å². The number of hydrogen-bond acceptors (Lipinski definition) is 5. The second kappa shape index (κ2) is 6.98. The maximum Gasteiger partial charge on any atom is 0.317 e. The van der Waals surface area contributed by atoms with Crippen LogP contribution >= 0.6 is 12.2 Å². The van der Waals surface area contributed by atoms with E-state index >= 15 is 0 Å². The number of carbonyl (C=O) groups is 1. The SMILES string of the molecule is CC[C@]12Oc3ccc(OC)cc3[C@@H](NC(=S)N1c1ccccc1)[C@H]2C(=O)OC. The van der Waals surface area contributed by atoms with Crippen LogP contribution in [0.15, 0.2) is 48.5 Å². The maximum absolute atomic E-state index is 12.9. The standard InChI is InChI=1S/C21H22N2O4S/c1-4-21-17(19(24)26-3)18(15-12-14(25-2)10-11-16(15)27-21)22-20(28)23(21)13-8-6-5-7-9-13/h5-12,17-18H,4H2,1-3H3,(H,22,28)/t17-,18+,21+/m0/s1. The zero-order valence-electron chi connectivity index (χ0n) is 16.0. The quantitative estimate of drug-likeness (QED) is 0.625. The molecule has 2 bridgehead atoms. The number of para-hydroxylation sites is 1. The normalized spacial score (nSPS) is 25.2. The molecule has 1 fully saturated rings. The van der Waals surface area contributed by atoms with Crippen LogP contribution in [0.1, 0.15) is 24.9 Å². The predicted molar refractivity (Wildman–Crippen MR) is 110 cm³/mol. The third kappa shape index (κ3) is 2.61. The van der Waals surface area contributed by atoms with Crippen molar-refractivity contribution in [3.05, 3.63) is 54.1 Å². The van der Waals surface area contributed by atoms with Crippen molar-refractivity contribution in [1.82, 2.24) is 5.32 Å². The van der Waals surface area contributed by atoms with Crippen LogP contribution in [0.5, 0.6) is 11.5 Å². The average Bonchev–Trinajstić information content (AvgIpc) is 2.73. The highest BCUT2D eigenvalue weighted by atomic mass is 32.1. The van der Waals surface area contributed by atoms with Crippen LogP contribution in [0.2, 0.25) is 0 Å². The number of fused-ring (bicyclic) bond motifs is 4. The number of nitrogens with zero attached hydrogens (tertiary/aromatic N) is 1. The molecule has 28 heavy (non-hydrogen) atoms. The van der Waals surface area contributed by atoms with Crippen molar-refractivity contribution in [3.63, 3.8) is 0 Å². The maximum atomic E-state index is 12.9. The number of methoxy groups -OCH3 is 2. The molecule has 7 heteroatoms. The Labute approximate surface area is 169 Å². The van der Waals surface area contributed by atoms with E-state index in [0.29, 0.717) is 23.0 Å². The van der Waals surface area contributed by atoms with Crippen molar-refractivity contribution >= 4 is 29.0 Å². The lowest BCUT2D eigenvalue weighted by Gasteiger charge is -2.56. The molecule has 1 N–H and O–H groups in total. The summed E-state index contributed by atoms with van der Waals surface area (Å²) in [6.07, 6.45) is 0.533. The van der Waals surface area contributed by atoms with Gasteiger partial charge in [-0.05, 0) is 42.5 Å². The van der Waals surface area contributed by atoms with Gasteiger partial charge in [0.25, 0.3) is 0 Å². The second-order valence-corrected chi connectivity index (χ2v) is 7.19. The first-order chi connectivity index (χ1) is 13.6. The van der Waals surface area contributed by atoms with Gasteiger partial charge in [0.2, 0.25) is 5.72 Å². The fraction of sp³-hybridized carbons (Fsp3) is 0.333. The molecule has 0 unspecified atom stereocenters. The molecule has 0 spiro atoms. The minimum Gasteiger partial charge on any atom is -0.497 e. The molecule has 0 amide bonds. The van der Waals surface area contributed by atoms with Gasteiger partial charge in [-0.15, -0.1) is 0 Å². The van der Waals surface area contributed by atoms with E-state index in [9.17, 15) is 4.79 Å². The molecule has 4 rings (SSSR count). The number of esters is 1. The highest BCUT2D eigenvalue weighted by molar-refractivity contribution is 7.80. The monoisotopic (exact) mass is 398 g/mol. The van der Waals surface area contributed by atoms with Crippen LogP contribution in [0.3, 0.4) is 0 Å². The number of carbonyl (C=O) groups excluding carboxylic acids is 1. The van der Waals surface area contributed by atoms with Gasteiger partial charge in [0, 0.05) is 17.7 Å². The molecule has 3 atom stereocenters. The summed E-state index contributed by atoms with van der Waals surface area (Å²) in [5.41, 5.74) is 0.684. The molecule has 1 saturated heterocycles. The Bertz CT molecular complexity index is 920. The van der Waals surface area contributed by atoms with Crippen LogP contribution in [0.25, 0.3) is 0 Å². The molecule has 2 aliphatic rings. The number of ether oxygens (including phenoxy) is 3. The van der Waals surface area contributed by atoms with E-state index in [4.69, 9.17) is 26.4 Å². The number of benzene rings is 2. The Balaban J connectivity index is 1.94. The van der Waals surface area contributed by atoms with E-state index in [1.165, 1.54) is 7.11 Å². The topological polar surface area (TPSA) is 60.0 Å². The summed E-state index contributed by atoms with van der Waals surface area (Å²) in [4.78, 5) is 14.8. The van der Waals surface area contributed by atoms with Crippen molar-refractivity contribution in [1.29, 1.82) is 0 Å². The van der Waals surface area contributed by atoms with Crippen molar-refractivity contribution in [3.8, 4) is 11.5 Å². The Morgan fingerprint density at radius 2 is 2.00 bits per heavy atom. The van der Waals surface area contributed by atoms with Crippen molar-refractivity contribution in [2.45, 2.75) is 25.1 Å². The zero-order valence-corrected chi connectivity index (χ0v) is 16.8. The number of hydrogen-bond donors (Lipinski definition) is 1. The third-order valence-electron chi connectivity index (χ3n) is 5.49. The minimum absolute atomic E-state index is 0.351. The molecule has 0 aliphatic carbocycles. The molecule has 6 nitrogen and oxygen atoms in total. The smallest absolute Gasteiger partial charge is 0.317 e. The van der Waals surface area contributed by atoms with Gasteiger partial charge in [-0.25, -0.2) is 0 Å². The van der Waals surface area contributed by atoms with E-state index in [1.54, 1.807) is 7.11 Å². The van der Waals surface area contributed by atoms with Crippen LogP contribution < -0.4 is 19.7 Å². The van der Waals surface area contributed by atoms with Crippen LogP contribution in [-0.4, -0.2) is 31.0 Å². The molecular formula is C21H22N2O4S. The van der Waals surface area contributed by atoms with E-state index < -0.39 is 11.6 Å². The average molecular weight is 398 g/mol. The second-order valence-electron chi connectivity index (χ2n) is 6.80. The lowest BCUT2D eigenvalue weighted by Crippen LogP contribution is -2.72. The van der Waals surface area contributed by atoms with Gasteiger partial charge in [-0.2, -0.15) is 0 Å². The van der Waals surface area contributed by atoms with Gasteiger partial charge in [0.1, 0.15) is 17.4 Å². The Morgan fingerprint density at radius 1 is 1.25 bits per heavy atom. The van der Waals surface area contributed by atoms with Gasteiger partial charge >= 0.3 is 5.97 Å². The van der Waals surface area contributed by atoms with E-state index in [2.05, 4.69) is 5.32 Å². The van der Waals surface area contributed by atoms with Gasteiger partial charge < -0.3 is 19.5 Å². The molecule has 0 radical (unpaired) electrons. The van der Waals surface area contributed by atoms with Crippen molar-refractivity contribution in [2.75, 3.05) is 19.1 Å². The van der Waals surface area contributed by atoms with E-state index in [-0.39, 0.29) is 12.0 Å². The van der Waals surface area contributed by atoms with Crippen molar-refractivity contribution in [2.24, 2.45) is 5.92 Å². The first-order valence-corrected chi connectivity index (χ1v) is 9.57. The van der Waals surface area contributed by atoms with Crippen LogP contribution in [0.4, 0.5) is 5.69 Å². The summed E-state index contributed by atoms with van der Waals surface area (Å²) < 4.78 is 17.1. The van der Waals surface area contributed by atoms with E-state index in [0.717, 1.165) is 11.3 Å². The highest BCUT2D eigenvalue weighted by Gasteiger charge is 2.61. The molecule has 0 aromatic heterocycles.